The number of rotatable bonds is 6. The minimum Gasteiger partial charge on any atom is -0.493 e. The van der Waals surface area contributed by atoms with Gasteiger partial charge in [0.1, 0.15) is 5.75 Å². The maximum Gasteiger partial charge on any atom is 0.124 e. The van der Waals surface area contributed by atoms with Crippen molar-refractivity contribution >= 4 is 0 Å². The lowest BCUT2D eigenvalue weighted by Gasteiger charge is -2.15. The minimum absolute atomic E-state index is 0.0860. The van der Waals surface area contributed by atoms with Crippen LogP contribution in [0.25, 0.3) is 0 Å². The van der Waals surface area contributed by atoms with Crippen LogP contribution in [0.15, 0.2) is 24.3 Å². The Morgan fingerprint density at radius 3 is 2.67 bits per heavy atom. The molecular weight excluding hydrogens is 186 g/mol. The van der Waals surface area contributed by atoms with E-state index in [9.17, 15) is 0 Å². The van der Waals surface area contributed by atoms with Crippen LogP contribution < -0.4 is 10.5 Å². The van der Waals surface area contributed by atoms with Crippen LogP contribution in [0.3, 0.4) is 0 Å². The van der Waals surface area contributed by atoms with Crippen molar-refractivity contribution in [2.24, 2.45) is 5.73 Å². The Balaban J connectivity index is 2.68. The fourth-order valence-corrected chi connectivity index (χ4v) is 1.46. The molecule has 0 saturated heterocycles. The van der Waals surface area contributed by atoms with Gasteiger partial charge in [0.25, 0.3) is 0 Å². The van der Waals surface area contributed by atoms with Crippen LogP contribution in [0.2, 0.25) is 0 Å². The summed E-state index contributed by atoms with van der Waals surface area (Å²) in [6, 6.07) is 8.14. The SMILES string of the molecule is CCCCOc1ccccc1[C@@H](N)CC. The van der Waals surface area contributed by atoms with Gasteiger partial charge in [-0.2, -0.15) is 0 Å². The maximum atomic E-state index is 6.02. The average molecular weight is 207 g/mol. The molecule has 2 heteroatoms. The molecule has 1 rings (SSSR count). The summed E-state index contributed by atoms with van der Waals surface area (Å²) in [4.78, 5) is 0. The summed E-state index contributed by atoms with van der Waals surface area (Å²) in [6.07, 6.45) is 3.19. The minimum atomic E-state index is 0.0860. The largest absolute Gasteiger partial charge is 0.493 e. The van der Waals surface area contributed by atoms with Gasteiger partial charge in [-0.05, 0) is 18.9 Å². The third-order valence-electron chi connectivity index (χ3n) is 2.51. The first-order valence-corrected chi connectivity index (χ1v) is 5.76. The van der Waals surface area contributed by atoms with Gasteiger partial charge in [0, 0.05) is 11.6 Å². The van der Waals surface area contributed by atoms with Crippen LogP contribution in [0, 0.1) is 0 Å². The number of nitrogens with two attached hydrogens (primary N) is 1. The van der Waals surface area contributed by atoms with Crippen molar-refractivity contribution in [2.75, 3.05) is 6.61 Å². The molecule has 0 amide bonds. The Morgan fingerprint density at radius 2 is 2.00 bits per heavy atom. The molecule has 0 aromatic heterocycles. The second kappa shape index (κ2) is 6.46. The first kappa shape index (κ1) is 12.1. The Morgan fingerprint density at radius 1 is 1.27 bits per heavy atom. The Hall–Kier alpha value is -1.02. The molecule has 84 valence electrons. The van der Waals surface area contributed by atoms with Gasteiger partial charge >= 0.3 is 0 Å². The molecule has 1 aromatic carbocycles. The van der Waals surface area contributed by atoms with Crippen molar-refractivity contribution < 1.29 is 4.74 Å². The number of hydrogen-bond donors (Lipinski definition) is 1. The van der Waals surface area contributed by atoms with E-state index in [2.05, 4.69) is 19.9 Å². The summed E-state index contributed by atoms with van der Waals surface area (Å²) >= 11 is 0. The molecule has 0 aliphatic carbocycles. The van der Waals surface area contributed by atoms with E-state index in [-0.39, 0.29) is 6.04 Å². The van der Waals surface area contributed by atoms with Crippen molar-refractivity contribution in [2.45, 2.75) is 39.2 Å². The summed E-state index contributed by atoms with van der Waals surface area (Å²) in [5.74, 6) is 0.945. The fraction of sp³-hybridized carbons (Fsp3) is 0.538. The number of benzene rings is 1. The lowest BCUT2D eigenvalue weighted by molar-refractivity contribution is 0.304. The molecule has 15 heavy (non-hydrogen) atoms. The number of unbranched alkanes of at least 4 members (excludes halogenated alkanes) is 1. The standard InChI is InChI=1S/C13H21NO/c1-3-5-10-15-13-9-7-6-8-11(13)12(14)4-2/h6-9,12H,3-5,10,14H2,1-2H3/t12-/m0/s1. The van der Waals surface area contributed by atoms with Crippen molar-refractivity contribution in [3.8, 4) is 5.75 Å². The van der Waals surface area contributed by atoms with Crippen molar-refractivity contribution in [1.29, 1.82) is 0 Å². The lowest BCUT2D eigenvalue weighted by Crippen LogP contribution is -2.11. The van der Waals surface area contributed by atoms with E-state index in [4.69, 9.17) is 10.5 Å². The van der Waals surface area contributed by atoms with E-state index >= 15 is 0 Å². The van der Waals surface area contributed by atoms with E-state index in [0.29, 0.717) is 0 Å². The molecule has 0 bridgehead atoms. The molecule has 2 N–H and O–H groups in total. The highest BCUT2D eigenvalue weighted by Crippen LogP contribution is 2.25. The van der Waals surface area contributed by atoms with Gasteiger partial charge < -0.3 is 10.5 Å². The van der Waals surface area contributed by atoms with Gasteiger partial charge in [-0.25, -0.2) is 0 Å². The van der Waals surface area contributed by atoms with Crippen LogP contribution in [-0.4, -0.2) is 6.61 Å². The molecule has 1 atom stereocenters. The van der Waals surface area contributed by atoms with Gasteiger partial charge in [0.05, 0.1) is 6.61 Å². The Bertz CT molecular complexity index is 286. The zero-order valence-electron chi connectivity index (χ0n) is 9.70. The molecule has 0 radical (unpaired) electrons. The third kappa shape index (κ3) is 3.56. The molecule has 0 unspecified atom stereocenters. The highest BCUT2D eigenvalue weighted by Gasteiger charge is 2.09. The molecule has 0 aliphatic rings. The fourth-order valence-electron chi connectivity index (χ4n) is 1.46. The summed E-state index contributed by atoms with van der Waals surface area (Å²) in [6.45, 7) is 5.03. The zero-order chi connectivity index (χ0) is 11.1. The topological polar surface area (TPSA) is 35.2 Å². The van der Waals surface area contributed by atoms with Crippen LogP contribution >= 0.6 is 0 Å². The molecule has 0 heterocycles. The van der Waals surface area contributed by atoms with Crippen LogP contribution in [-0.2, 0) is 0 Å². The Labute approximate surface area is 92.4 Å². The number of para-hydroxylation sites is 1. The molecular formula is C13H21NO. The van der Waals surface area contributed by atoms with E-state index in [1.807, 2.05) is 18.2 Å². The second-order valence-electron chi connectivity index (χ2n) is 3.75. The quantitative estimate of drug-likeness (QED) is 0.726. The van der Waals surface area contributed by atoms with Gasteiger partial charge in [0.15, 0.2) is 0 Å². The van der Waals surface area contributed by atoms with Crippen LogP contribution in [0.1, 0.15) is 44.7 Å². The van der Waals surface area contributed by atoms with Crippen molar-refractivity contribution in [1.82, 2.24) is 0 Å². The number of hydrogen-bond acceptors (Lipinski definition) is 2. The predicted octanol–water partition coefficient (Wildman–Crippen LogP) is 3.28. The van der Waals surface area contributed by atoms with Crippen LogP contribution in [0.4, 0.5) is 0 Å². The van der Waals surface area contributed by atoms with Crippen LogP contribution in [0.5, 0.6) is 5.75 Å². The predicted molar refractivity (Wildman–Crippen MR) is 64.1 cm³/mol. The lowest BCUT2D eigenvalue weighted by atomic mass is 10.0. The second-order valence-corrected chi connectivity index (χ2v) is 3.75. The summed E-state index contributed by atoms with van der Waals surface area (Å²) < 4.78 is 5.72. The van der Waals surface area contributed by atoms with E-state index < -0.39 is 0 Å². The summed E-state index contributed by atoms with van der Waals surface area (Å²) in [7, 11) is 0. The molecule has 0 fully saturated rings. The first-order valence-electron chi connectivity index (χ1n) is 5.76. The van der Waals surface area contributed by atoms with E-state index in [0.717, 1.165) is 37.2 Å². The molecule has 0 aliphatic heterocycles. The molecule has 0 saturated carbocycles. The normalized spacial score (nSPS) is 12.5. The highest BCUT2D eigenvalue weighted by atomic mass is 16.5. The van der Waals surface area contributed by atoms with Gasteiger partial charge in [-0.15, -0.1) is 0 Å². The van der Waals surface area contributed by atoms with Gasteiger partial charge in [-0.3, -0.25) is 0 Å². The smallest absolute Gasteiger partial charge is 0.124 e. The number of ether oxygens (including phenoxy) is 1. The average Bonchev–Trinajstić information content (AvgIpc) is 2.29. The van der Waals surface area contributed by atoms with Crippen molar-refractivity contribution in [3.05, 3.63) is 29.8 Å². The summed E-state index contributed by atoms with van der Waals surface area (Å²) in [5.41, 5.74) is 7.14. The van der Waals surface area contributed by atoms with Gasteiger partial charge in [-0.1, -0.05) is 38.5 Å². The highest BCUT2D eigenvalue weighted by molar-refractivity contribution is 5.35. The van der Waals surface area contributed by atoms with E-state index in [1.54, 1.807) is 0 Å². The molecule has 2 nitrogen and oxygen atoms in total. The summed E-state index contributed by atoms with van der Waals surface area (Å²) in [5, 5.41) is 0. The first-order chi connectivity index (χ1) is 7.29. The molecule has 1 aromatic rings. The third-order valence-corrected chi connectivity index (χ3v) is 2.51. The zero-order valence-corrected chi connectivity index (χ0v) is 9.70. The van der Waals surface area contributed by atoms with Crippen molar-refractivity contribution in [3.63, 3.8) is 0 Å². The van der Waals surface area contributed by atoms with E-state index in [1.165, 1.54) is 0 Å². The monoisotopic (exact) mass is 207 g/mol. The Kier molecular flexibility index (Phi) is 5.19. The maximum absolute atomic E-state index is 6.02. The van der Waals surface area contributed by atoms with Gasteiger partial charge in [0.2, 0.25) is 0 Å². The molecule has 0 spiro atoms.